The Balaban J connectivity index is 1.60. The zero-order valence-corrected chi connectivity index (χ0v) is 15.9. The molecule has 1 aliphatic rings. The van der Waals surface area contributed by atoms with Gasteiger partial charge in [0.2, 0.25) is 0 Å². The molecule has 5 heteroatoms. The van der Waals surface area contributed by atoms with Gasteiger partial charge in [0.1, 0.15) is 0 Å². The highest BCUT2D eigenvalue weighted by Gasteiger charge is 2.29. The van der Waals surface area contributed by atoms with Crippen LogP contribution in [0.1, 0.15) is 33.7 Å². The molecule has 2 amide bonds. The average Bonchev–Trinajstić information content (AvgIpc) is 3.10. The van der Waals surface area contributed by atoms with Crippen LogP contribution in [0.4, 0.5) is 10.5 Å². The molecule has 0 radical (unpaired) electrons. The highest BCUT2D eigenvalue weighted by molar-refractivity contribution is 5.89. The average molecular weight is 360 g/mol. The summed E-state index contributed by atoms with van der Waals surface area (Å²) in [4.78, 5) is 14.8. The van der Waals surface area contributed by atoms with Crippen LogP contribution in [-0.4, -0.2) is 27.3 Å². The number of benzene rings is 2. The van der Waals surface area contributed by atoms with Gasteiger partial charge in [-0.15, -0.1) is 0 Å². The Morgan fingerprint density at radius 3 is 2.70 bits per heavy atom. The van der Waals surface area contributed by atoms with E-state index in [1.807, 2.05) is 53.3 Å². The predicted molar refractivity (Wildman–Crippen MR) is 107 cm³/mol. The van der Waals surface area contributed by atoms with Crippen molar-refractivity contribution in [2.24, 2.45) is 7.05 Å². The normalized spacial score (nSPS) is 16.1. The van der Waals surface area contributed by atoms with Crippen molar-refractivity contribution in [3.63, 3.8) is 0 Å². The summed E-state index contributed by atoms with van der Waals surface area (Å²) >= 11 is 0. The molecule has 1 aliphatic heterocycles. The molecule has 0 saturated heterocycles. The van der Waals surface area contributed by atoms with Gasteiger partial charge in [-0.3, -0.25) is 4.68 Å². The van der Waals surface area contributed by atoms with E-state index in [1.54, 1.807) is 0 Å². The minimum atomic E-state index is -0.0679. The topological polar surface area (TPSA) is 50.2 Å². The van der Waals surface area contributed by atoms with E-state index in [-0.39, 0.29) is 11.9 Å². The maximum absolute atomic E-state index is 12.9. The maximum atomic E-state index is 12.9. The number of rotatable bonds is 2. The third-order valence-electron chi connectivity index (χ3n) is 5.37. The van der Waals surface area contributed by atoms with E-state index < -0.39 is 0 Å². The summed E-state index contributed by atoms with van der Waals surface area (Å²) in [6.45, 7) is 5.38. The molecule has 5 nitrogen and oxygen atoms in total. The molecule has 0 bridgehead atoms. The second-order valence-corrected chi connectivity index (χ2v) is 7.31. The molecule has 2 aromatic carbocycles. The number of fused-ring (bicyclic) bond motifs is 1. The lowest BCUT2D eigenvalue weighted by atomic mass is 9.86. The van der Waals surface area contributed by atoms with Gasteiger partial charge in [-0.25, -0.2) is 4.79 Å². The minimum Gasteiger partial charge on any atom is -0.319 e. The Bertz CT molecular complexity index is 991. The molecule has 0 saturated carbocycles. The van der Waals surface area contributed by atoms with Crippen molar-refractivity contribution >= 4 is 11.7 Å². The van der Waals surface area contributed by atoms with Gasteiger partial charge in [-0.05, 0) is 53.8 Å². The van der Waals surface area contributed by atoms with Crippen molar-refractivity contribution < 1.29 is 4.79 Å². The van der Waals surface area contributed by atoms with Crippen LogP contribution in [-0.2, 0) is 13.6 Å². The summed E-state index contributed by atoms with van der Waals surface area (Å²) in [6.07, 6.45) is 3.93. The second kappa shape index (κ2) is 6.91. The third kappa shape index (κ3) is 3.45. The summed E-state index contributed by atoms with van der Waals surface area (Å²) in [5, 5.41) is 7.37. The Kier molecular flexibility index (Phi) is 4.44. The summed E-state index contributed by atoms with van der Waals surface area (Å²) in [7, 11) is 1.92. The molecule has 1 atom stereocenters. The Hall–Kier alpha value is -3.08. The molecule has 1 unspecified atom stereocenters. The lowest BCUT2D eigenvalue weighted by Crippen LogP contribution is -2.41. The molecule has 27 heavy (non-hydrogen) atoms. The minimum absolute atomic E-state index is 0.0679. The number of carbonyl (C=O) groups is 1. The van der Waals surface area contributed by atoms with E-state index in [0.717, 1.165) is 11.3 Å². The van der Waals surface area contributed by atoms with E-state index in [2.05, 4.69) is 42.5 Å². The molecular weight excluding hydrogens is 336 g/mol. The fraction of sp³-hybridized carbons (Fsp3) is 0.273. The molecule has 138 valence electrons. The van der Waals surface area contributed by atoms with E-state index in [4.69, 9.17) is 0 Å². The highest BCUT2D eigenvalue weighted by Crippen LogP contribution is 2.33. The smallest absolute Gasteiger partial charge is 0.319 e. The lowest BCUT2D eigenvalue weighted by molar-refractivity contribution is 0.203. The fourth-order valence-electron chi connectivity index (χ4n) is 3.69. The summed E-state index contributed by atoms with van der Waals surface area (Å²) < 4.78 is 1.81. The monoisotopic (exact) mass is 360 g/mol. The van der Waals surface area contributed by atoms with Crippen molar-refractivity contribution in [3.8, 4) is 0 Å². The lowest BCUT2D eigenvalue weighted by Gasteiger charge is -2.34. The first kappa shape index (κ1) is 17.3. The van der Waals surface area contributed by atoms with Gasteiger partial charge >= 0.3 is 6.03 Å². The first-order valence-corrected chi connectivity index (χ1v) is 9.21. The van der Waals surface area contributed by atoms with E-state index in [9.17, 15) is 4.79 Å². The molecule has 4 rings (SSSR count). The SMILES string of the molecule is Cc1ccc(NC(=O)N2Cc3ccccc3C(c3cnn(C)c3)C2)cc1C. The first-order valence-electron chi connectivity index (χ1n) is 9.21. The Morgan fingerprint density at radius 2 is 1.96 bits per heavy atom. The Morgan fingerprint density at radius 1 is 1.15 bits per heavy atom. The summed E-state index contributed by atoms with van der Waals surface area (Å²) in [5.74, 6) is 0.133. The van der Waals surface area contributed by atoms with E-state index in [1.165, 1.54) is 22.3 Å². The van der Waals surface area contributed by atoms with Gasteiger partial charge in [-0.1, -0.05) is 30.3 Å². The molecule has 1 N–H and O–H groups in total. The van der Waals surface area contributed by atoms with Crippen LogP contribution >= 0.6 is 0 Å². The number of hydrogen-bond donors (Lipinski definition) is 1. The number of urea groups is 1. The van der Waals surface area contributed by atoms with Crippen LogP contribution in [0.25, 0.3) is 0 Å². The molecule has 0 aliphatic carbocycles. The molecule has 2 heterocycles. The molecule has 1 aromatic heterocycles. The van der Waals surface area contributed by atoms with Crippen LogP contribution in [0.3, 0.4) is 0 Å². The number of aromatic nitrogens is 2. The van der Waals surface area contributed by atoms with Gasteiger partial charge < -0.3 is 10.2 Å². The van der Waals surface area contributed by atoms with Crippen LogP contribution in [0.2, 0.25) is 0 Å². The first-order chi connectivity index (χ1) is 13.0. The van der Waals surface area contributed by atoms with E-state index in [0.29, 0.717) is 13.1 Å². The van der Waals surface area contributed by atoms with E-state index >= 15 is 0 Å². The van der Waals surface area contributed by atoms with Gasteiger partial charge in [0.15, 0.2) is 0 Å². The quantitative estimate of drug-likeness (QED) is 0.744. The van der Waals surface area contributed by atoms with Crippen molar-refractivity contribution in [2.45, 2.75) is 26.3 Å². The van der Waals surface area contributed by atoms with Gasteiger partial charge in [0.05, 0.1) is 6.20 Å². The molecule has 0 fully saturated rings. The summed E-state index contributed by atoms with van der Waals surface area (Å²) in [5.41, 5.74) is 6.82. The van der Waals surface area contributed by atoms with Crippen LogP contribution in [0.15, 0.2) is 54.9 Å². The maximum Gasteiger partial charge on any atom is 0.322 e. The number of nitrogens with zero attached hydrogens (tertiary/aromatic N) is 3. The van der Waals surface area contributed by atoms with Crippen molar-refractivity contribution in [3.05, 3.63) is 82.7 Å². The van der Waals surface area contributed by atoms with Gasteiger partial charge in [0.25, 0.3) is 0 Å². The molecule has 3 aromatic rings. The van der Waals surface area contributed by atoms with Crippen LogP contribution in [0, 0.1) is 13.8 Å². The standard InChI is InChI=1S/C22H24N4O/c1-15-8-9-19(10-16(15)2)24-22(27)26-13-17-6-4-5-7-20(17)21(14-26)18-11-23-25(3)12-18/h4-12,21H,13-14H2,1-3H3,(H,24,27). The van der Waals surface area contributed by atoms with Crippen molar-refractivity contribution in [2.75, 3.05) is 11.9 Å². The predicted octanol–water partition coefficient (Wildman–Crippen LogP) is 4.22. The number of aryl methyl sites for hydroxylation is 3. The number of carbonyl (C=O) groups excluding carboxylic acids is 1. The highest BCUT2D eigenvalue weighted by atomic mass is 16.2. The van der Waals surface area contributed by atoms with Gasteiger partial charge in [0, 0.05) is 37.9 Å². The second-order valence-electron chi connectivity index (χ2n) is 7.31. The number of hydrogen-bond acceptors (Lipinski definition) is 2. The number of nitrogens with one attached hydrogen (secondary N) is 1. The van der Waals surface area contributed by atoms with Crippen molar-refractivity contribution in [1.82, 2.24) is 14.7 Å². The Labute approximate surface area is 159 Å². The molecule has 0 spiro atoms. The van der Waals surface area contributed by atoms with Crippen LogP contribution in [0.5, 0.6) is 0 Å². The zero-order valence-electron chi connectivity index (χ0n) is 15.9. The van der Waals surface area contributed by atoms with Crippen LogP contribution < -0.4 is 5.32 Å². The van der Waals surface area contributed by atoms with Crippen molar-refractivity contribution in [1.29, 1.82) is 0 Å². The number of amides is 2. The number of anilines is 1. The largest absolute Gasteiger partial charge is 0.322 e. The third-order valence-corrected chi connectivity index (χ3v) is 5.37. The van der Waals surface area contributed by atoms with Gasteiger partial charge in [-0.2, -0.15) is 5.10 Å². The summed E-state index contributed by atoms with van der Waals surface area (Å²) in [6, 6.07) is 14.3. The fourth-order valence-corrected chi connectivity index (χ4v) is 3.69. The zero-order chi connectivity index (χ0) is 19.0. The molecular formula is C22H24N4O.